The summed E-state index contributed by atoms with van der Waals surface area (Å²) in [6.07, 6.45) is 8.11. The first-order valence-corrected chi connectivity index (χ1v) is 7.73. The number of hydrogen-bond acceptors (Lipinski definition) is 3. The monoisotopic (exact) mass is 299 g/mol. The van der Waals surface area contributed by atoms with E-state index in [0.29, 0.717) is 18.7 Å². The summed E-state index contributed by atoms with van der Waals surface area (Å²) in [6.45, 7) is 1.11. The van der Waals surface area contributed by atoms with Gasteiger partial charge in [0.15, 0.2) is 5.60 Å². The highest BCUT2D eigenvalue weighted by Crippen LogP contribution is 2.42. The zero-order valence-corrected chi connectivity index (χ0v) is 12.5. The molecule has 0 radical (unpaired) electrons. The molecule has 1 fully saturated rings. The van der Waals surface area contributed by atoms with Gasteiger partial charge in [0.1, 0.15) is 0 Å². The lowest BCUT2D eigenvalue weighted by atomic mass is 9.69. The molecule has 2 N–H and O–H groups in total. The van der Waals surface area contributed by atoms with Crippen LogP contribution in [0.25, 0.3) is 0 Å². The Bertz CT molecular complexity index is 608. The van der Waals surface area contributed by atoms with E-state index in [1.165, 1.54) is 0 Å². The highest BCUT2D eigenvalue weighted by atomic mass is 16.3. The lowest BCUT2D eigenvalue weighted by Crippen LogP contribution is -2.52. The van der Waals surface area contributed by atoms with Crippen LogP contribution in [-0.4, -0.2) is 27.1 Å². The minimum atomic E-state index is -1.42. The third kappa shape index (κ3) is 2.76. The summed E-state index contributed by atoms with van der Waals surface area (Å²) in [6, 6.07) is 9.26. The van der Waals surface area contributed by atoms with Crippen LogP contribution < -0.4 is 5.32 Å². The van der Waals surface area contributed by atoms with Crippen LogP contribution in [0.15, 0.2) is 49.1 Å². The van der Waals surface area contributed by atoms with Gasteiger partial charge in [-0.15, -0.1) is 0 Å². The number of rotatable bonds is 6. The van der Waals surface area contributed by atoms with E-state index in [4.69, 9.17) is 0 Å². The fourth-order valence-electron chi connectivity index (χ4n) is 2.92. The van der Waals surface area contributed by atoms with Crippen molar-refractivity contribution in [3.63, 3.8) is 0 Å². The number of carbonyl (C=O) groups excluding carboxylic acids is 1. The van der Waals surface area contributed by atoms with Crippen LogP contribution in [0.5, 0.6) is 0 Å². The van der Waals surface area contributed by atoms with Gasteiger partial charge in [-0.25, -0.2) is 4.98 Å². The van der Waals surface area contributed by atoms with E-state index < -0.39 is 5.60 Å². The molecule has 116 valence electrons. The topological polar surface area (TPSA) is 67.2 Å². The minimum Gasteiger partial charge on any atom is -0.375 e. The molecular formula is C17H21N3O2. The lowest BCUT2D eigenvalue weighted by molar-refractivity contribution is -0.152. The predicted molar refractivity (Wildman–Crippen MR) is 82.9 cm³/mol. The van der Waals surface area contributed by atoms with Gasteiger partial charge >= 0.3 is 0 Å². The van der Waals surface area contributed by atoms with Gasteiger partial charge in [-0.05, 0) is 18.4 Å². The van der Waals surface area contributed by atoms with Gasteiger partial charge in [-0.3, -0.25) is 4.79 Å². The van der Waals surface area contributed by atoms with Crippen LogP contribution in [0.3, 0.4) is 0 Å². The average molecular weight is 299 g/mol. The van der Waals surface area contributed by atoms with Gasteiger partial charge in [0.2, 0.25) is 0 Å². The van der Waals surface area contributed by atoms with Gasteiger partial charge in [-0.2, -0.15) is 0 Å². The van der Waals surface area contributed by atoms with E-state index in [1.54, 1.807) is 12.5 Å². The molecule has 5 nitrogen and oxygen atoms in total. The number of nitrogens with one attached hydrogen (secondary N) is 1. The van der Waals surface area contributed by atoms with Gasteiger partial charge in [-0.1, -0.05) is 36.8 Å². The fourth-order valence-corrected chi connectivity index (χ4v) is 2.92. The number of imidazole rings is 1. The van der Waals surface area contributed by atoms with Crippen molar-refractivity contribution in [2.45, 2.75) is 31.4 Å². The molecule has 1 heterocycles. The standard InChI is InChI=1S/C17H21N3O2/c21-16(19-10-12-20-11-9-18-13-20)17(22,15-7-4-8-15)14-5-2-1-3-6-14/h1-3,5-6,9,11,13,15,22H,4,7-8,10,12H2,(H,19,21). The van der Waals surface area contributed by atoms with Crippen LogP contribution in [0.4, 0.5) is 0 Å². The van der Waals surface area contributed by atoms with E-state index in [2.05, 4.69) is 10.3 Å². The largest absolute Gasteiger partial charge is 0.375 e. The summed E-state index contributed by atoms with van der Waals surface area (Å²) < 4.78 is 1.89. The zero-order valence-electron chi connectivity index (χ0n) is 12.5. The Balaban J connectivity index is 1.70. The van der Waals surface area contributed by atoms with Crippen molar-refractivity contribution >= 4 is 5.91 Å². The van der Waals surface area contributed by atoms with Crippen molar-refractivity contribution in [3.8, 4) is 0 Å². The number of aromatic nitrogens is 2. The van der Waals surface area contributed by atoms with Crippen molar-refractivity contribution in [2.24, 2.45) is 5.92 Å². The second-order valence-corrected chi connectivity index (χ2v) is 5.82. The summed E-state index contributed by atoms with van der Waals surface area (Å²) in [7, 11) is 0. The van der Waals surface area contributed by atoms with E-state index in [9.17, 15) is 9.90 Å². The molecule has 0 saturated heterocycles. The molecule has 1 amide bonds. The Kier molecular flexibility index (Phi) is 4.24. The van der Waals surface area contributed by atoms with Crippen LogP contribution in [-0.2, 0) is 16.9 Å². The Morgan fingerprint density at radius 1 is 1.36 bits per heavy atom. The second-order valence-electron chi connectivity index (χ2n) is 5.82. The zero-order chi connectivity index (χ0) is 15.4. The molecule has 1 saturated carbocycles. The van der Waals surface area contributed by atoms with E-state index in [-0.39, 0.29) is 11.8 Å². The molecule has 2 aromatic rings. The maximum atomic E-state index is 12.6. The quantitative estimate of drug-likeness (QED) is 0.853. The van der Waals surface area contributed by atoms with Crippen molar-refractivity contribution in [2.75, 3.05) is 6.54 Å². The van der Waals surface area contributed by atoms with Gasteiger partial charge in [0.25, 0.3) is 5.91 Å². The van der Waals surface area contributed by atoms with Crippen LogP contribution in [0.2, 0.25) is 0 Å². The summed E-state index contributed by atoms with van der Waals surface area (Å²) in [4.78, 5) is 16.6. The highest BCUT2D eigenvalue weighted by Gasteiger charge is 2.47. The molecule has 1 atom stereocenters. The lowest BCUT2D eigenvalue weighted by Gasteiger charge is -2.40. The number of aliphatic hydroxyl groups is 1. The molecule has 1 unspecified atom stereocenters. The fraction of sp³-hybridized carbons (Fsp3) is 0.412. The first kappa shape index (κ1) is 14.8. The SMILES string of the molecule is O=C(NCCn1ccnc1)C(O)(c1ccccc1)C1CCC1. The van der Waals surface area contributed by atoms with Gasteiger partial charge < -0.3 is 15.0 Å². The van der Waals surface area contributed by atoms with E-state index in [1.807, 2.05) is 41.1 Å². The molecular weight excluding hydrogens is 278 g/mol. The first-order chi connectivity index (χ1) is 10.7. The smallest absolute Gasteiger partial charge is 0.256 e. The normalized spacial score (nSPS) is 17.5. The third-order valence-corrected chi connectivity index (χ3v) is 4.47. The minimum absolute atomic E-state index is 0.00291. The maximum absolute atomic E-state index is 12.6. The van der Waals surface area contributed by atoms with E-state index >= 15 is 0 Å². The van der Waals surface area contributed by atoms with Crippen LogP contribution >= 0.6 is 0 Å². The average Bonchev–Trinajstić information content (AvgIpc) is 2.99. The molecule has 22 heavy (non-hydrogen) atoms. The first-order valence-electron chi connectivity index (χ1n) is 7.73. The predicted octanol–water partition coefficient (Wildman–Crippen LogP) is 1.69. The van der Waals surface area contributed by atoms with Gasteiger partial charge in [0, 0.05) is 31.4 Å². The summed E-state index contributed by atoms with van der Waals surface area (Å²) in [5.74, 6) is -0.299. The number of nitrogens with zero attached hydrogens (tertiary/aromatic N) is 2. The molecule has 1 aromatic carbocycles. The Hall–Kier alpha value is -2.14. The third-order valence-electron chi connectivity index (χ3n) is 4.47. The number of carbonyl (C=O) groups is 1. The molecule has 3 rings (SSSR count). The molecule has 1 aliphatic carbocycles. The summed E-state index contributed by atoms with van der Waals surface area (Å²) in [5.41, 5.74) is -0.742. The number of amides is 1. The van der Waals surface area contributed by atoms with Crippen molar-refractivity contribution < 1.29 is 9.90 Å². The van der Waals surface area contributed by atoms with E-state index in [0.717, 1.165) is 19.3 Å². The molecule has 0 aliphatic heterocycles. The molecule has 1 aromatic heterocycles. The van der Waals surface area contributed by atoms with Gasteiger partial charge in [0.05, 0.1) is 6.33 Å². The summed E-state index contributed by atoms with van der Waals surface area (Å²) >= 11 is 0. The molecule has 1 aliphatic rings. The highest BCUT2D eigenvalue weighted by molar-refractivity contribution is 5.86. The van der Waals surface area contributed by atoms with Crippen molar-refractivity contribution in [1.29, 1.82) is 0 Å². The molecule has 0 bridgehead atoms. The Morgan fingerprint density at radius 2 is 2.14 bits per heavy atom. The van der Waals surface area contributed by atoms with Crippen molar-refractivity contribution in [1.82, 2.24) is 14.9 Å². The molecule has 0 spiro atoms. The summed E-state index contributed by atoms with van der Waals surface area (Å²) in [5, 5.41) is 14.0. The number of hydrogen-bond donors (Lipinski definition) is 2. The van der Waals surface area contributed by atoms with Crippen LogP contribution in [0, 0.1) is 5.92 Å². The van der Waals surface area contributed by atoms with Crippen molar-refractivity contribution in [3.05, 3.63) is 54.6 Å². The molecule has 5 heteroatoms. The number of benzene rings is 1. The second kappa shape index (κ2) is 6.32. The maximum Gasteiger partial charge on any atom is 0.256 e. The van der Waals surface area contributed by atoms with Crippen LogP contribution in [0.1, 0.15) is 24.8 Å². The Labute approximate surface area is 130 Å². The Morgan fingerprint density at radius 3 is 2.73 bits per heavy atom.